The van der Waals surface area contributed by atoms with Crippen molar-refractivity contribution in [1.82, 2.24) is 5.32 Å². The van der Waals surface area contributed by atoms with Gasteiger partial charge in [-0.1, -0.05) is 34.6 Å². The lowest BCUT2D eigenvalue weighted by Gasteiger charge is -2.38. The summed E-state index contributed by atoms with van der Waals surface area (Å²) in [6, 6.07) is 2.50. The van der Waals surface area contributed by atoms with E-state index in [4.69, 9.17) is 9.15 Å². The molecule has 3 nitrogen and oxygen atoms in total. The molecule has 2 unspecified atom stereocenters. The van der Waals surface area contributed by atoms with Gasteiger partial charge in [-0.2, -0.15) is 0 Å². The Bertz CT molecular complexity index is 436. The molecule has 0 saturated heterocycles. The van der Waals surface area contributed by atoms with Crippen LogP contribution in [-0.4, -0.2) is 12.1 Å². The van der Waals surface area contributed by atoms with E-state index in [1.165, 1.54) is 18.4 Å². The molecule has 0 amide bonds. The first-order valence-electron chi connectivity index (χ1n) is 8.26. The van der Waals surface area contributed by atoms with Crippen LogP contribution in [0.1, 0.15) is 65.2 Å². The van der Waals surface area contributed by atoms with Crippen LogP contribution in [0.2, 0.25) is 0 Å². The van der Waals surface area contributed by atoms with Crippen molar-refractivity contribution in [3.63, 3.8) is 0 Å². The first kappa shape index (κ1) is 16.6. The van der Waals surface area contributed by atoms with Gasteiger partial charge in [0, 0.05) is 11.6 Å². The van der Waals surface area contributed by atoms with Crippen molar-refractivity contribution in [2.24, 2.45) is 11.3 Å². The largest absolute Gasteiger partial charge is 0.468 e. The van der Waals surface area contributed by atoms with E-state index in [9.17, 15) is 0 Å². The van der Waals surface area contributed by atoms with Gasteiger partial charge in [0.2, 0.25) is 0 Å². The third-order valence-corrected chi connectivity index (χ3v) is 4.33. The molecule has 21 heavy (non-hydrogen) atoms. The molecule has 1 fully saturated rings. The Morgan fingerprint density at radius 2 is 2.14 bits per heavy atom. The Labute approximate surface area is 129 Å². The topological polar surface area (TPSA) is 34.4 Å². The van der Waals surface area contributed by atoms with Crippen molar-refractivity contribution in [3.05, 3.63) is 23.7 Å². The summed E-state index contributed by atoms with van der Waals surface area (Å²) in [7, 11) is 0. The van der Waals surface area contributed by atoms with Crippen LogP contribution in [0.4, 0.5) is 0 Å². The molecule has 0 bridgehead atoms. The minimum atomic E-state index is 0.379. The standard InChI is InChI=1S/C18H31NO2/c1-13(2)19-11-17-15(6-7-20-17)12-21-16-8-14(3)9-18(4,5)10-16/h6-7,13-14,16,19H,8-12H2,1-5H3. The molecule has 1 N–H and O–H groups in total. The maximum Gasteiger partial charge on any atom is 0.123 e. The summed E-state index contributed by atoms with van der Waals surface area (Å²) < 4.78 is 11.8. The van der Waals surface area contributed by atoms with Crippen molar-refractivity contribution < 1.29 is 9.15 Å². The second-order valence-electron chi connectivity index (χ2n) is 7.75. The molecule has 1 aliphatic carbocycles. The SMILES string of the molecule is CC1CC(OCc2ccoc2CNC(C)C)CC(C)(C)C1. The zero-order valence-corrected chi connectivity index (χ0v) is 14.2. The van der Waals surface area contributed by atoms with Crippen molar-refractivity contribution in [2.45, 2.75) is 79.2 Å². The molecule has 3 heteroatoms. The lowest BCUT2D eigenvalue weighted by molar-refractivity contribution is -0.0320. The third-order valence-electron chi connectivity index (χ3n) is 4.33. The highest BCUT2D eigenvalue weighted by Crippen LogP contribution is 2.39. The molecule has 1 heterocycles. The Morgan fingerprint density at radius 3 is 2.81 bits per heavy atom. The third kappa shape index (κ3) is 5.15. The molecular weight excluding hydrogens is 262 g/mol. The summed E-state index contributed by atoms with van der Waals surface area (Å²) in [5, 5.41) is 3.40. The zero-order valence-electron chi connectivity index (χ0n) is 14.2. The van der Waals surface area contributed by atoms with Crippen LogP contribution < -0.4 is 5.32 Å². The minimum Gasteiger partial charge on any atom is -0.468 e. The van der Waals surface area contributed by atoms with E-state index in [1.807, 2.05) is 6.07 Å². The lowest BCUT2D eigenvalue weighted by atomic mass is 9.71. The van der Waals surface area contributed by atoms with E-state index >= 15 is 0 Å². The van der Waals surface area contributed by atoms with Crippen molar-refractivity contribution in [3.8, 4) is 0 Å². The molecule has 2 rings (SSSR count). The summed E-state index contributed by atoms with van der Waals surface area (Å²) in [6.07, 6.45) is 5.80. The normalized spacial score (nSPS) is 25.4. The van der Waals surface area contributed by atoms with E-state index in [-0.39, 0.29) is 0 Å². The van der Waals surface area contributed by atoms with E-state index in [0.717, 1.165) is 24.6 Å². The number of hydrogen-bond acceptors (Lipinski definition) is 3. The molecule has 2 atom stereocenters. The summed E-state index contributed by atoms with van der Waals surface area (Å²) in [4.78, 5) is 0. The van der Waals surface area contributed by atoms with Gasteiger partial charge in [0.15, 0.2) is 0 Å². The fourth-order valence-corrected chi connectivity index (χ4v) is 3.54. The molecule has 0 aromatic carbocycles. The number of hydrogen-bond donors (Lipinski definition) is 1. The summed E-state index contributed by atoms with van der Waals surface area (Å²) in [6.45, 7) is 12.8. The Morgan fingerprint density at radius 1 is 1.38 bits per heavy atom. The van der Waals surface area contributed by atoms with Gasteiger partial charge in [-0.15, -0.1) is 0 Å². The average Bonchev–Trinajstić information content (AvgIpc) is 2.78. The van der Waals surface area contributed by atoms with Crippen molar-refractivity contribution in [1.29, 1.82) is 0 Å². The van der Waals surface area contributed by atoms with Crippen LogP contribution in [0.15, 0.2) is 16.7 Å². The first-order valence-corrected chi connectivity index (χ1v) is 8.26. The highest BCUT2D eigenvalue weighted by Gasteiger charge is 2.32. The monoisotopic (exact) mass is 293 g/mol. The number of furan rings is 1. The van der Waals surface area contributed by atoms with E-state index in [0.29, 0.717) is 24.2 Å². The molecule has 1 saturated carbocycles. The second-order valence-corrected chi connectivity index (χ2v) is 7.75. The van der Waals surface area contributed by atoms with Crippen LogP contribution >= 0.6 is 0 Å². The van der Waals surface area contributed by atoms with Crippen LogP contribution in [0.5, 0.6) is 0 Å². The summed E-state index contributed by atoms with van der Waals surface area (Å²) in [5.41, 5.74) is 1.58. The molecule has 0 radical (unpaired) electrons. The molecule has 1 aromatic heterocycles. The maximum atomic E-state index is 6.19. The first-order chi connectivity index (χ1) is 9.85. The Hall–Kier alpha value is -0.800. The smallest absolute Gasteiger partial charge is 0.123 e. The average molecular weight is 293 g/mol. The Kier molecular flexibility index (Phi) is 5.50. The van der Waals surface area contributed by atoms with Gasteiger partial charge in [-0.05, 0) is 36.7 Å². The van der Waals surface area contributed by atoms with Gasteiger partial charge in [0.1, 0.15) is 5.76 Å². The molecule has 0 aliphatic heterocycles. The summed E-state index contributed by atoms with van der Waals surface area (Å²) >= 11 is 0. The van der Waals surface area contributed by atoms with E-state index in [1.54, 1.807) is 6.26 Å². The van der Waals surface area contributed by atoms with E-state index in [2.05, 4.69) is 39.9 Å². The van der Waals surface area contributed by atoms with Gasteiger partial charge in [-0.25, -0.2) is 0 Å². The van der Waals surface area contributed by atoms with Crippen molar-refractivity contribution >= 4 is 0 Å². The molecule has 0 spiro atoms. The van der Waals surface area contributed by atoms with E-state index < -0.39 is 0 Å². The quantitative estimate of drug-likeness (QED) is 0.838. The fourth-order valence-electron chi connectivity index (χ4n) is 3.54. The van der Waals surface area contributed by atoms with Crippen LogP contribution in [0, 0.1) is 11.3 Å². The van der Waals surface area contributed by atoms with Gasteiger partial charge < -0.3 is 14.5 Å². The molecule has 1 aromatic rings. The highest BCUT2D eigenvalue weighted by atomic mass is 16.5. The van der Waals surface area contributed by atoms with Gasteiger partial charge >= 0.3 is 0 Å². The summed E-state index contributed by atoms with van der Waals surface area (Å²) in [5.74, 6) is 1.76. The maximum absolute atomic E-state index is 6.19. The lowest BCUT2D eigenvalue weighted by Crippen LogP contribution is -2.32. The molecular formula is C18H31NO2. The molecule has 120 valence electrons. The zero-order chi connectivity index (χ0) is 15.5. The predicted octanol–water partition coefficient (Wildman–Crippen LogP) is 4.51. The highest BCUT2D eigenvalue weighted by molar-refractivity contribution is 5.16. The number of nitrogens with one attached hydrogen (secondary N) is 1. The predicted molar refractivity (Wildman–Crippen MR) is 86.1 cm³/mol. The molecule has 1 aliphatic rings. The van der Waals surface area contributed by atoms with Gasteiger partial charge in [-0.3, -0.25) is 0 Å². The Balaban J connectivity index is 1.87. The van der Waals surface area contributed by atoms with Crippen LogP contribution in [-0.2, 0) is 17.9 Å². The van der Waals surface area contributed by atoms with Crippen LogP contribution in [0.25, 0.3) is 0 Å². The minimum absolute atomic E-state index is 0.379. The number of rotatable bonds is 6. The van der Waals surface area contributed by atoms with Crippen LogP contribution in [0.3, 0.4) is 0 Å². The fraction of sp³-hybridized carbons (Fsp3) is 0.778. The second kappa shape index (κ2) is 6.97. The van der Waals surface area contributed by atoms with Gasteiger partial charge in [0.25, 0.3) is 0 Å². The number of ether oxygens (including phenoxy) is 1. The van der Waals surface area contributed by atoms with Crippen molar-refractivity contribution in [2.75, 3.05) is 0 Å². The van der Waals surface area contributed by atoms with Gasteiger partial charge in [0.05, 0.1) is 25.5 Å².